The smallest absolute Gasteiger partial charge is 0.243 e. The second-order valence-corrected chi connectivity index (χ2v) is 3.71. The summed E-state index contributed by atoms with van der Waals surface area (Å²) in [7, 11) is 1.62. The summed E-state index contributed by atoms with van der Waals surface area (Å²) in [6.07, 6.45) is 1.69. The highest BCUT2D eigenvalue weighted by Crippen LogP contribution is 2.18. The lowest BCUT2D eigenvalue weighted by Gasteiger charge is -1.99. The Labute approximate surface area is 98.8 Å². The molecule has 0 aliphatic heterocycles. The quantitative estimate of drug-likeness (QED) is 0.857. The first-order valence-electron chi connectivity index (χ1n) is 5.24. The molecule has 0 saturated heterocycles. The molecule has 1 atom stereocenters. The van der Waals surface area contributed by atoms with Crippen LogP contribution < -0.4 is 5.73 Å². The van der Waals surface area contributed by atoms with Gasteiger partial charge in [-0.05, 0) is 19.1 Å². The van der Waals surface area contributed by atoms with Crippen LogP contribution >= 0.6 is 0 Å². The van der Waals surface area contributed by atoms with Crippen LogP contribution in [0.2, 0.25) is 0 Å². The van der Waals surface area contributed by atoms with E-state index in [1.165, 1.54) is 0 Å². The van der Waals surface area contributed by atoms with Crippen LogP contribution in [-0.2, 0) is 11.3 Å². The molecule has 0 bridgehead atoms. The minimum Gasteiger partial charge on any atom is -0.378 e. The molecule has 2 aromatic heterocycles. The zero-order valence-corrected chi connectivity index (χ0v) is 9.75. The average Bonchev–Trinajstić information content (AvgIpc) is 2.79. The van der Waals surface area contributed by atoms with E-state index in [-0.39, 0.29) is 6.04 Å². The number of aromatic nitrogens is 3. The van der Waals surface area contributed by atoms with Gasteiger partial charge in [0.05, 0.1) is 18.3 Å². The van der Waals surface area contributed by atoms with E-state index in [0.717, 1.165) is 11.3 Å². The molecule has 90 valence electrons. The molecule has 0 unspecified atom stereocenters. The minimum absolute atomic E-state index is 0.267. The summed E-state index contributed by atoms with van der Waals surface area (Å²) in [5, 5.41) is 3.87. The van der Waals surface area contributed by atoms with Gasteiger partial charge < -0.3 is 15.0 Å². The standard InChI is InChI=1S/C11H14N4O2/c1-7(12)11-14-10(15-17-11)8-3-4-13-9(5-8)6-16-2/h3-5,7H,6,12H2,1-2H3/t7-/m0/s1. The molecule has 2 rings (SSSR count). The van der Waals surface area contributed by atoms with Gasteiger partial charge in [-0.1, -0.05) is 5.16 Å². The van der Waals surface area contributed by atoms with E-state index in [2.05, 4.69) is 15.1 Å². The maximum absolute atomic E-state index is 5.65. The fourth-order valence-corrected chi connectivity index (χ4v) is 1.38. The number of hydrogen-bond acceptors (Lipinski definition) is 6. The number of hydrogen-bond donors (Lipinski definition) is 1. The molecule has 6 heteroatoms. The summed E-state index contributed by atoms with van der Waals surface area (Å²) in [6, 6.07) is 3.41. The van der Waals surface area contributed by atoms with Crippen LogP contribution in [0.5, 0.6) is 0 Å². The predicted octanol–water partition coefficient (Wildman–Crippen LogP) is 1.30. The van der Waals surface area contributed by atoms with Crippen LogP contribution in [0.15, 0.2) is 22.9 Å². The van der Waals surface area contributed by atoms with Crippen molar-refractivity contribution in [2.75, 3.05) is 7.11 Å². The second-order valence-electron chi connectivity index (χ2n) is 3.71. The topological polar surface area (TPSA) is 87.1 Å². The van der Waals surface area contributed by atoms with Crippen molar-refractivity contribution in [3.05, 3.63) is 29.9 Å². The van der Waals surface area contributed by atoms with Crippen LogP contribution in [0.1, 0.15) is 24.6 Å². The fraction of sp³-hybridized carbons (Fsp3) is 0.364. The molecule has 2 aromatic rings. The number of nitrogens with two attached hydrogens (primary N) is 1. The Bertz CT molecular complexity index is 496. The molecule has 17 heavy (non-hydrogen) atoms. The summed E-state index contributed by atoms with van der Waals surface area (Å²) < 4.78 is 10.1. The first kappa shape index (κ1) is 11.7. The van der Waals surface area contributed by atoms with Gasteiger partial charge in [0.15, 0.2) is 0 Å². The molecule has 0 fully saturated rings. The highest BCUT2D eigenvalue weighted by atomic mass is 16.5. The van der Waals surface area contributed by atoms with E-state index < -0.39 is 0 Å². The van der Waals surface area contributed by atoms with Gasteiger partial charge in [0.1, 0.15) is 0 Å². The number of rotatable bonds is 4. The van der Waals surface area contributed by atoms with Gasteiger partial charge in [-0.15, -0.1) is 0 Å². The van der Waals surface area contributed by atoms with Crippen molar-refractivity contribution in [1.82, 2.24) is 15.1 Å². The maximum Gasteiger partial charge on any atom is 0.243 e. The third-order valence-corrected chi connectivity index (χ3v) is 2.20. The van der Waals surface area contributed by atoms with Gasteiger partial charge >= 0.3 is 0 Å². The fourth-order valence-electron chi connectivity index (χ4n) is 1.38. The van der Waals surface area contributed by atoms with Crippen molar-refractivity contribution < 1.29 is 9.26 Å². The third-order valence-electron chi connectivity index (χ3n) is 2.20. The number of pyridine rings is 1. The Morgan fingerprint density at radius 2 is 2.35 bits per heavy atom. The van der Waals surface area contributed by atoms with Crippen molar-refractivity contribution in [2.45, 2.75) is 19.6 Å². The van der Waals surface area contributed by atoms with Crippen molar-refractivity contribution >= 4 is 0 Å². The normalized spacial score (nSPS) is 12.6. The van der Waals surface area contributed by atoms with Crippen LogP contribution in [0.25, 0.3) is 11.4 Å². The number of nitrogens with zero attached hydrogens (tertiary/aromatic N) is 3. The minimum atomic E-state index is -0.267. The Morgan fingerprint density at radius 3 is 3.00 bits per heavy atom. The highest BCUT2D eigenvalue weighted by molar-refractivity contribution is 5.53. The van der Waals surface area contributed by atoms with Crippen molar-refractivity contribution in [3.8, 4) is 11.4 Å². The molecule has 0 spiro atoms. The second kappa shape index (κ2) is 5.03. The molecule has 0 aromatic carbocycles. The lowest BCUT2D eigenvalue weighted by atomic mass is 10.2. The zero-order valence-electron chi connectivity index (χ0n) is 9.75. The van der Waals surface area contributed by atoms with E-state index in [9.17, 15) is 0 Å². The molecular formula is C11H14N4O2. The molecular weight excluding hydrogens is 220 g/mol. The first-order valence-corrected chi connectivity index (χ1v) is 5.24. The Hall–Kier alpha value is -1.79. The Balaban J connectivity index is 2.28. The van der Waals surface area contributed by atoms with Gasteiger partial charge in [0.25, 0.3) is 0 Å². The monoisotopic (exact) mass is 234 g/mol. The van der Waals surface area contributed by atoms with Crippen LogP contribution in [0.3, 0.4) is 0 Å². The summed E-state index contributed by atoms with van der Waals surface area (Å²) in [5.74, 6) is 0.933. The zero-order chi connectivity index (χ0) is 12.3. The molecule has 2 heterocycles. The van der Waals surface area contributed by atoms with E-state index in [1.54, 1.807) is 20.2 Å². The summed E-state index contributed by atoms with van der Waals surface area (Å²) in [4.78, 5) is 8.37. The van der Waals surface area contributed by atoms with Crippen molar-refractivity contribution in [3.63, 3.8) is 0 Å². The van der Waals surface area contributed by atoms with E-state index in [0.29, 0.717) is 18.3 Å². The molecule has 2 N–H and O–H groups in total. The Kier molecular flexibility index (Phi) is 3.46. The molecule has 0 amide bonds. The van der Waals surface area contributed by atoms with Gasteiger partial charge in [0.2, 0.25) is 11.7 Å². The maximum atomic E-state index is 5.65. The SMILES string of the molecule is COCc1cc(-c2noc([C@H](C)N)n2)ccn1. The summed E-state index contributed by atoms with van der Waals surface area (Å²) >= 11 is 0. The van der Waals surface area contributed by atoms with E-state index in [1.807, 2.05) is 12.1 Å². The van der Waals surface area contributed by atoms with Crippen LogP contribution in [0, 0.1) is 0 Å². The molecule has 0 radical (unpaired) electrons. The molecule has 0 saturated carbocycles. The predicted molar refractivity (Wildman–Crippen MR) is 60.8 cm³/mol. The summed E-state index contributed by atoms with van der Waals surface area (Å²) in [6.45, 7) is 2.24. The van der Waals surface area contributed by atoms with Crippen LogP contribution in [-0.4, -0.2) is 22.2 Å². The molecule has 0 aliphatic rings. The summed E-state index contributed by atoms with van der Waals surface area (Å²) in [5.41, 5.74) is 7.31. The Morgan fingerprint density at radius 1 is 1.53 bits per heavy atom. The first-order chi connectivity index (χ1) is 8.20. The average molecular weight is 234 g/mol. The highest BCUT2D eigenvalue weighted by Gasteiger charge is 2.12. The van der Waals surface area contributed by atoms with Gasteiger partial charge in [-0.3, -0.25) is 4.98 Å². The van der Waals surface area contributed by atoms with Crippen LogP contribution in [0.4, 0.5) is 0 Å². The molecule has 6 nitrogen and oxygen atoms in total. The largest absolute Gasteiger partial charge is 0.378 e. The van der Waals surface area contributed by atoms with Gasteiger partial charge in [-0.2, -0.15) is 4.98 Å². The van der Waals surface area contributed by atoms with Crippen molar-refractivity contribution in [2.24, 2.45) is 5.73 Å². The third kappa shape index (κ3) is 2.66. The van der Waals surface area contributed by atoms with Crippen molar-refractivity contribution in [1.29, 1.82) is 0 Å². The van der Waals surface area contributed by atoms with Gasteiger partial charge in [-0.25, -0.2) is 0 Å². The van der Waals surface area contributed by atoms with Gasteiger partial charge in [0, 0.05) is 18.9 Å². The number of methoxy groups -OCH3 is 1. The number of ether oxygens (including phenoxy) is 1. The van der Waals surface area contributed by atoms with E-state index >= 15 is 0 Å². The van der Waals surface area contributed by atoms with E-state index in [4.69, 9.17) is 15.0 Å². The lowest BCUT2D eigenvalue weighted by Crippen LogP contribution is -2.04. The lowest BCUT2D eigenvalue weighted by molar-refractivity contribution is 0.181. The molecule has 0 aliphatic carbocycles.